The van der Waals surface area contributed by atoms with Crippen molar-refractivity contribution in [2.24, 2.45) is 0 Å². The lowest BCUT2D eigenvalue weighted by atomic mass is 10.0. The summed E-state index contributed by atoms with van der Waals surface area (Å²) in [7, 11) is 0. The smallest absolute Gasteiger partial charge is 0.267 e. The van der Waals surface area contributed by atoms with E-state index in [2.05, 4.69) is 0 Å². The first-order valence-corrected chi connectivity index (χ1v) is 7.59. The second-order valence-corrected chi connectivity index (χ2v) is 5.82. The monoisotopic (exact) mass is 312 g/mol. The topological polar surface area (TPSA) is 40.4 Å². The molecule has 2 aliphatic heterocycles. The Morgan fingerprint density at radius 3 is 2.00 bits per heavy atom. The molecule has 0 saturated carbocycles. The van der Waals surface area contributed by atoms with Crippen molar-refractivity contribution in [3.05, 3.63) is 71.3 Å². The summed E-state index contributed by atoms with van der Waals surface area (Å²) < 4.78 is 0. The van der Waals surface area contributed by atoms with Crippen molar-refractivity contribution in [2.75, 3.05) is 12.4 Å². The normalized spacial score (nSPS) is 26.2. The number of fused-ring (bicyclic) bond motifs is 1. The lowest BCUT2D eigenvalue weighted by molar-refractivity contribution is 0.0323. The van der Waals surface area contributed by atoms with Crippen LogP contribution < -0.4 is 0 Å². The molecule has 0 bridgehead atoms. The summed E-state index contributed by atoms with van der Waals surface area (Å²) in [5.41, 5.74) is 1.45. The van der Waals surface area contributed by atoms with Crippen LogP contribution in [0.15, 0.2) is 54.6 Å². The first kappa shape index (κ1) is 13.5. The lowest BCUT2D eigenvalue weighted by Gasteiger charge is -2.21. The van der Waals surface area contributed by atoms with Gasteiger partial charge in [0.05, 0.1) is 16.7 Å². The maximum atomic E-state index is 12.5. The average Bonchev–Trinajstić information content (AvgIpc) is 3.25. The lowest BCUT2D eigenvalue weighted by Crippen LogP contribution is -2.39. The largest absolute Gasteiger partial charge is 0.276 e. The maximum Gasteiger partial charge on any atom is 0.276 e. The van der Waals surface area contributed by atoms with Crippen LogP contribution in [0.5, 0.6) is 0 Å². The van der Waals surface area contributed by atoms with Gasteiger partial charge in [0.15, 0.2) is 0 Å². The van der Waals surface area contributed by atoms with Gasteiger partial charge in [-0.15, -0.1) is 11.6 Å². The van der Waals surface area contributed by atoms with Crippen molar-refractivity contribution >= 4 is 23.4 Å². The summed E-state index contributed by atoms with van der Waals surface area (Å²) in [5, 5.41) is 3.00. The van der Waals surface area contributed by atoms with Crippen LogP contribution in [-0.2, 0) is 5.54 Å². The van der Waals surface area contributed by atoms with E-state index in [0.29, 0.717) is 23.6 Å². The first-order valence-electron chi connectivity index (χ1n) is 7.06. The van der Waals surface area contributed by atoms with E-state index in [1.165, 1.54) is 5.01 Å². The van der Waals surface area contributed by atoms with Crippen LogP contribution >= 0.6 is 11.6 Å². The molecule has 0 N–H and O–H groups in total. The minimum atomic E-state index is -0.476. The second-order valence-electron chi connectivity index (χ2n) is 5.56. The molecule has 4 rings (SSSR count). The Balaban J connectivity index is 1.71. The molecular formula is C17H13ClN2O2. The fourth-order valence-corrected chi connectivity index (χ4v) is 3.42. The molecule has 2 aromatic rings. The van der Waals surface area contributed by atoms with E-state index in [1.807, 2.05) is 30.3 Å². The number of hydrogen-bond acceptors (Lipinski definition) is 3. The molecule has 4 nitrogen and oxygen atoms in total. The molecule has 2 atom stereocenters. The molecule has 22 heavy (non-hydrogen) atoms. The summed E-state index contributed by atoms with van der Waals surface area (Å²) in [6.45, 7) is 0.561. The Kier molecular flexibility index (Phi) is 2.86. The number of rotatable bonds is 3. The minimum absolute atomic E-state index is 0.275. The number of hydrazine groups is 1. The molecular weight excluding hydrogens is 300 g/mol. The molecule has 1 fully saturated rings. The molecule has 2 aliphatic rings. The number of benzene rings is 2. The van der Waals surface area contributed by atoms with E-state index in [1.54, 1.807) is 29.3 Å². The van der Waals surface area contributed by atoms with Crippen molar-refractivity contribution in [3.63, 3.8) is 0 Å². The molecule has 2 unspecified atom stereocenters. The van der Waals surface area contributed by atoms with Crippen molar-refractivity contribution in [1.82, 2.24) is 10.0 Å². The number of alkyl halides is 1. The molecule has 5 heteroatoms. The van der Waals surface area contributed by atoms with Crippen LogP contribution in [0.2, 0.25) is 0 Å². The molecule has 0 radical (unpaired) electrons. The van der Waals surface area contributed by atoms with Gasteiger partial charge in [-0.1, -0.05) is 42.5 Å². The van der Waals surface area contributed by atoms with Gasteiger partial charge in [-0.2, -0.15) is 5.01 Å². The van der Waals surface area contributed by atoms with Gasteiger partial charge in [-0.05, 0) is 17.7 Å². The Hall–Kier alpha value is -2.17. The van der Waals surface area contributed by atoms with Gasteiger partial charge >= 0.3 is 0 Å². The molecule has 110 valence electrons. The summed E-state index contributed by atoms with van der Waals surface area (Å²) in [6, 6.07) is 16.6. The molecule has 2 heterocycles. The van der Waals surface area contributed by atoms with Gasteiger partial charge in [0.2, 0.25) is 0 Å². The Bertz CT molecular complexity index is 742. The van der Waals surface area contributed by atoms with Crippen molar-refractivity contribution in [2.45, 2.75) is 5.54 Å². The Labute approximate surface area is 132 Å². The van der Waals surface area contributed by atoms with E-state index in [0.717, 1.165) is 5.56 Å². The average molecular weight is 313 g/mol. The van der Waals surface area contributed by atoms with Crippen LogP contribution in [0, 0.1) is 0 Å². The third-order valence-electron chi connectivity index (χ3n) is 4.35. The molecule has 1 saturated heterocycles. The third-order valence-corrected chi connectivity index (χ3v) is 4.79. The molecule has 0 aliphatic carbocycles. The molecule has 0 aromatic heterocycles. The van der Waals surface area contributed by atoms with Gasteiger partial charge in [-0.3, -0.25) is 9.59 Å². The van der Waals surface area contributed by atoms with Crippen molar-refractivity contribution in [1.29, 1.82) is 0 Å². The van der Waals surface area contributed by atoms with E-state index in [9.17, 15) is 9.59 Å². The van der Waals surface area contributed by atoms with Gasteiger partial charge in [0, 0.05) is 12.4 Å². The zero-order chi connectivity index (χ0) is 15.3. The Morgan fingerprint density at radius 1 is 0.909 bits per heavy atom. The summed E-state index contributed by atoms with van der Waals surface area (Å²) in [4.78, 5) is 25.1. The number of hydrogen-bond donors (Lipinski definition) is 0. The molecule has 2 aromatic carbocycles. The quantitative estimate of drug-likeness (QED) is 0.497. The summed E-state index contributed by atoms with van der Waals surface area (Å²) in [5.74, 6) is -0.225. The number of imide groups is 1. The Morgan fingerprint density at radius 2 is 1.45 bits per heavy atom. The zero-order valence-corrected chi connectivity index (χ0v) is 12.5. The third kappa shape index (κ3) is 1.68. The highest BCUT2D eigenvalue weighted by atomic mass is 35.5. The highest BCUT2D eigenvalue weighted by molar-refractivity contribution is 6.21. The summed E-state index contributed by atoms with van der Waals surface area (Å²) >= 11 is 6.18. The van der Waals surface area contributed by atoms with Gasteiger partial charge in [0.1, 0.15) is 0 Å². The first-order chi connectivity index (χ1) is 10.7. The molecule has 2 amide bonds. The van der Waals surface area contributed by atoms with Crippen LogP contribution in [-0.4, -0.2) is 34.3 Å². The number of carbonyl (C=O) groups is 2. The van der Waals surface area contributed by atoms with Gasteiger partial charge in [0.25, 0.3) is 11.8 Å². The predicted molar refractivity (Wildman–Crippen MR) is 82.5 cm³/mol. The zero-order valence-electron chi connectivity index (χ0n) is 11.7. The van der Waals surface area contributed by atoms with Crippen molar-refractivity contribution < 1.29 is 9.59 Å². The van der Waals surface area contributed by atoms with E-state index in [-0.39, 0.29) is 11.8 Å². The number of nitrogens with zero attached hydrogens (tertiary/aromatic N) is 2. The van der Waals surface area contributed by atoms with Crippen LogP contribution in [0.1, 0.15) is 26.3 Å². The molecule has 0 spiro atoms. The maximum absolute atomic E-state index is 12.5. The number of carbonyl (C=O) groups excluding carboxylic acids is 2. The fourth-order valence-electron chi connectivity index (χ4n) is 3.05. The minimum Gasteiger partial charge on any atom is -0.267 e. The fraction of sp³-hybridized carbons (Fsp3) is 0.176. The predicted octanol–water partition coefficient (Wildman–Crippen LogP) is 2.65. The SMILES string of the molecule is O=C1c2ccccc2C(=O)N1N1CC1(CCl)c1ccccc1. The van der Waals surface area contributed by atoms with Crippen LogP contribution in [0.3, 0.4) is 0 Å². The van der Waals surface area contributed by atoms with Gasteiger partial charge < -0.3 is 0 Å². The van der Waals surface area contributed by atoms with E-state index < -0.39 is 5.54 Å². The van der Waals surface area contributed by atoms with Crippen molar-refractivity contribution in [3.8, 4) is 0 Å². The highest BCUT2D eigenvalue weighted by Gasteiger charge is 2.60. The standard InChI is InChI=1S/C17H13ClN2O2/c18-10-17(12-6-2-1-3-7-12)11-19(17)20-15(21)13-8-4-5-9-14(13)16(20)22/h1-9H,10-11H2. The van der Waals surface area contributed by atoms with Crippen LogP contribution in [0.4, 0.5) is 0 Å². The van der Waals surface area contributed by atoms with Gasteiger partial charge in [-0.25, -0.2) is 5.01 Å². The van der Waals surface area contributed by atoms with E-state index in [4.69, 9.17) is 11.6 Å². The number of halogens is 1. The van der Waals surface area contributed by atoms with Crippen LogP contribution in [0.25, 0.3) is 0 Å². The second kappa shape index (κ2) is 4.66. The highest BCUT2D eigenvalue weighted by Crippen LogP contribution is 2.46. The summed E-state index contributed by atoms with van der Waals surface area (Å²) in [6.07, 6.45) is 0. The van der Waals surface area contributed by atoms with E-state index >= 15 is 0 Å². The number of amides is 2.